The fourth-order valence-corrected chi connectivity index (χ4v) is 2.56. The van der Waals surface area contributed by atoms with Gasteiger partial charge in [0.05, 0.1) is 15.3 Å². The molecule has 0 fully saturated rings. The fourth-order valence-electron chi connectivity index (χ4n) is 1.49. The second kappa shape index (κ2) is 5.32. The molecule has 0 aliphatic carbocycles. The third-order valence-electron chi connectivity index (χ3n) is 2.36. The molecule has 2 heterocycles. The third kappa shape index (κ3) is 2.77. The van der Waals surface area contributed by atoms with Gasteiger partial charge in [-0.25, -0.2) is 4.98 Å². The van der Waals surface area contributed by atoms with Crippen molar-refractivity contribution in [2.45, 2.75) is 13.0 Å². The van der Waals surface area contributed by atoms with Gasteiger partial charge in [-0.05, 0) is 25.1 Å². The minimum atomic E-state index is -0.455. The monoisotopic (exact) mass is 283 g/mol. The minimum Gasteiger partial charge on any atom is -0.357 e. The maximum absolute atomic E-state index is 10.9. The van der Waals surface area contributed by atoms with Crippen molar-refractivity contribution >= 4 is 34.4 Å². The average Bonchev–Trinajstić information content (AvgIpc) is 2.76. The lowest BCUT2D eigenvalue weighted by molar-refractivity contribution is -0.384. The molecule has 7 heteroatoms. The molecule has 2 aromatic heterocycles. The van der Waals surface area contributed by atoms with E-state index < -0.39 is 4.92 Å². The summed E-state index contributed by atoms with van der Waals surface area (Å²) in [6, 6.07) is 6.56. The van der Waals surface area contributed by atoms with Crippen LogP contribution in [-0.4, -0.2) is 9.91 Å². The Bertz CT molecular complexity index is 573. The second-order valence-corrected chi connectivity index (χ2v) is 5.38. The number of nitrogens with one attached hydrogen (secondary N) is 1. The molecule has 0 bridgehead atoms. The van der Waals surface area contributed by atoms with Crippen LogP contribution in [0.2, 0.25) is 4.34 Å². The Kier molecular flexibility index (Phi) is 3.78. The summed E-state index contributed by atoms with van der Waals surface area (Å²) in [4.78, 5) is 15.4. The van der Waals surface area contributed by atoms with E-state index in [1.807, 2.05) is 13.0 Å². The van der Waals surface area contributed by atoms with Gasteiger partial charge in [0.15, 0.2) is 0 Å². The van der Waals surface area contributed by atoms with E-state index in [1.54, 1.807) is 6.07 Å². The van der Waals surface area contributed by atoms with Crippen molar-refractivity contribution in [1.29, 1.82) is 0 Å². The van der Waals surface area contributed by atoms with E-state index >= 15 is 0 Å². The lowest BCUT2D eigenvalue weighted by Gasteiger charge is -2.12. The van der Waals surface area contributed by atoms with Gasteiger partial charge in [-0.15, -0.1) is 11.3 Å². The Morgan fingerprint density at radius 2 is 2.28 bits per heavy atom. The Morgan fingerprint density at radius 3 is 2.89 bits per heavy atom. The molecule has 0 aliphatic rings. The maximum atomic E-state index is 10.9. The summed E-state index contributed by atoms with van der Waals surface area (Å²) in [5, 5.41) is 13.9. The van der Waals surface area contributed by atoms with E-state index in [-0.39, 0.29) is 17.5 Å². The summed E-state index contributed by atoms with van der Waals surface area (Å²) in [6.07, 6.45) is 1.52. The average molecular weight is 284 g/mol. The van der Waals surface area contributed by atoms with Gasteiger partial charge in [-0.2, -0.15) is 0 Å². The number of anilines is 1. The van der Waals surface area contributed by atoms with Crippen molar-refractivity contribution in [2.24, 2.45) is 0 Å². The zero-order chi connectivity index (χ0) is 13.1. The zero-order valence-electron chi connectivity index (χ0n) is 9.46. The number of nitrogens with zero attached hydrogens (tertiary/aromatic N) is 2. The number of hydrogen-bond donors (Lipinski definition) is 1. The molecule has 1 atom stereocenters. The predicted octanol–water partition coefficient (Wildman–Crippen LogP) is 3.88. The first-order valence-corrected chi connectivity index (χ1v) is 6.38. The van der Waals surface area contributed by atoms with Crippen LogP contribution in [-0.2, 0) is 0 Å². The first kappa shape index (κ1) is 12.8. The van der Waals surface area contributed by atoms with Gasteiger partial charge in [0.1, 0.15) is 0 Å². The van der Waals surface area contributed by atoms with Crippen molar-refractivity contribution in [3.8, 4) is 0 Å². The van der Waals surface area contributed by atoms with Crippen LogP contribution in [0.15, 0.2) is 30.5 Å². The van der Waals surface area contributed by atoms with E-state index in [1.165, 1.54) is 29.7 Å². The summed E-state index contributed by atoms with van der Waals surface area (Å²) in [5.74, 6) is 0.263. The number of thiophene rings is 1. The van der Waals surface area contributed by atoms with Gasteiger partial charge in [0.2, 0.25) is 5.82 Å². The summed E-state index contributed by atoms with van der Waals surface area (Å²) < 4.78 is 0.689. The number of hydrogen-bond acceptors (Lipinski definition) is 5. The van der Waals surface area contributed by atoms with E-state index in [0.717, 1.165) is 4.88 Å². The molecule has 0 spiro atoms. The summed E-state index contributed by atoms with van der Waals surface area (Å²) in [6.45, 7) is 1.90. The van der Waals surface area contributed by atoms with Gasteiger partial charge >= 0.3 is 5.69 Å². The van der Waals surface area contributed by atoms with E-state index in [0.29, 0.717) is 4.34 Å². The largest absolute Gasteiger partial charge is 0.357 e. The predicted molar refractivity (Wildman–Crippen MR) is 72.3 cm³/mol. The number of aromatic nitrogens is 1. The maximum Gasteiger partial charge on any atom is 0.311 e. The Balaban J connectivity index is 2.21. The van der Waals surface area contributed by atoms with Crippen LogP contribution in [0.3, 0.4) is 0 Å². The molecule has 0 saturated carbocycles. The van der Waals surface area contributed by atoms with Gasteiger partial charge in [-0.3, -0.25) is 10.1 Å². The van der Waals surface area contributed by atoms with Gasteiger partial charge in [0, 0.05) is 17.1 Å². The van der Waals surface area contributed by atoms with Gasteiger partial charge in [0.25, 0.3) is 0 Å². The van der Waals surface area contributed by atoms with E-state index in [2.05, 4.69) is 10.3 Å². The van der Waals surface area contributed by atoms with Crippen LogP contribution < -0.4 is 5.32 Å². The number of halogens is 1. The first-order chi connectivity index (χ1) is 8.58. The van der Waals surface area contributed by atoms with Crippen molar-refractivity contribution in [1.82, 2.24) is 4.98 Å². The minimum absolute atomic E-state index is 0.0352. The highest BCUT2D eigenvalue weighted by Gasteiger charge is 2.17. The van der Waals surface area contributed by atoms with Crippen molar-refractivity contribution in [2.75, 3.05) is 5.32 Å². The van der Waals surface area contributed by atoms with E-state index in [9.17, 15) is 10.1 Å². The molecule has 18 heavy (non-hydrogen) atoms. The summed E-state index contributed by atoms with van der Waals surface area (Å²) in [7, 11) is 0. The van der Waals surface area contributed by atoms with Crippen LogP contribution in [0.1, 0.15) is 17.8 Å². The van der Waals surface area contributed by atoms with Crippen molar-refractivity contribution < 1.29 is 4.92 Å². The number of pyridine rings is 1. The van der Waals surface area contributed by atoms with E-state index in [4.69, 9.17) is 11.6 Å². The first-order valence-electron chi connectivity index (χ1n) is 5.19. The van der Waals surface area contributed by atoms with Gasteiger partial charge in [-0.1, -0.05) is 11.6 Å². The normalized spacial score (nSPS) is 12.1. The Morgan fingerprint density at radius 1 is 1.50 bits per heavy atom. The number of rotatable bonds is 4. The molecule has 2 rings (SSSR count). The van der Waals surface area contributed by atoms with Crippen LogP contribution in [0.5, 0.6) is 0 Å². The topological polar surface area (TPSA) is 68.1 Å². The molecule has 0 aliphatic heterocycles. The SMILES string of the molecule is CC(Nc1ncccc1[N+](=O)[O-])c1ccc(Cl)s1. The molecule has 0 amide bonds. The summed E-state index contributed by atoms with van der Waals surface area (Å²) >= 11 is 7.29. The fraction of sp³-hybridized carbons (Fsp3) is 0.182. The van der Waals surface area contributed by atoms with Crippen molar-refractivity contribution in [3.63, 3.8) is 0 Å². The standard InChI is InChI=1S/C11H10ClN3O2S/c1-7(9-4-5-10(12)18-9)14-11-8(15(16)17)3-2-6-13-11/h2-7H,1H3,(H,13,14). The lowest BCUT2D eigenvalue weighted by atomic mass is 10.2. The molecule has 0 aromatic carbocycles. The Labute approximate surface area is 113 Å². The van der Waals surface area contributed by atoms with Crippen LogP contribution >= 0.6 is 22.9 Å². The van der Waals surface area contributed by atoms with Gasteiger partial charge < -0.3 is 5.32 Å². The van der Waals surface area contributed by atoms with Crippen molar-refractivity contribution in [3.05, 3.63) is 49.8 Å². The lowest BCUT2D eigenvalue weighted by Crippen LogP contribution is -2.08. The highest BCUT2D eigenvalue weighted by atomic mass is 35.5. The highest BCUT2D eigenvalue weighted by Crippen LogP contribution is 2.30. The molecule has 0 radical (unpaired) electrons. The zero-order valence-corrected chi connectivity index (χ0v) is 11.0. The molecule has 1 unspecified atom stereocenters. The second-order valence-electron chi connectivity index (χ2n) is 3.64. The molecular weight excluding hydrogens is 274 g/mol. The number of nitro groups is 1. The molecule has 94 valence electrons. The molecule has 5 nitrogen and oxygen atoms in total. The molecule has 1 N–H and O–H groups in total. The third-order valence-corrected chi connectivity index (χ3v) is 3.77. The Hall–Kier alpha value is -1.66. The van der Waals surface area contributed by atoms with Crippen LogP contribution in [0, 0.1) is 10.1 Å². The molecule has 0 saturated heterocycles. The molecule has 2 aromatic rings. The highest BCUT2D eigenvalue weighted by molar-refractivity contribution is 7.16. The quantitative estimate of drug-likeness (QED) is 0.683. The van der Waals surface area contributed by atoms with Crippen LogP contribution in [0.25, 0.3) is 0 Å². The van der Waals surface area contributed by atoms with Crippen LogP contribution in [0.4, 0.5) is 11.5 Å². The molecular formula is C11H10ClN3O2S. The smallest absolute Gasteiger partial charge is 0.311 e. The summed E-state index contributed by atoms with van der Waals surface area (Å²) in [5.41, 5.74) is -0.0352.